The summed E-state index contributed by atoms with van der Waals surface area (Å²) in [4.78, 5) is 17.2. The SMILES string of the molecule is CC(C)CN(C[C@H]1CN(Cc2cccc(F)c2)C[C@@H]1c1cccc(C(F)(F)F)c1)C(=O)c1ccc(F)cc1. The van der Waals surface area contributed by atoms with Gasteiger partial charge in [0.05, 0.1) is 5.56 Å². The number of nitrogens with zero attached hydrogens (tertiary/aromatic N) is 2. The number of likely N-dealkylation sites (tertiary alicyclic amines) is 1. The zero-order valence-electron chi connectivity index (χ0n) is 21.4. The summed E-state index contributed by atoms with van der Waals surface area (Å²) in [6.07, 6.45) is -4.46. The fourth-order valence-electron chi connectivity index (χ4n) is 5.23. The first-order chi connectivity index (χ1) is 18.0. The van der Waals surface area contributed by atoms with Gasteiger partial charge < -0.3 is 4.90 Å². The van der Waals surface area contributed by atoms with Crippen LogP contribution in [-0.4, -0.2) is 41.9 Å². The Labute approximate surface area is 219 Å². The lowest BCUT2D eigenvalue weighted by molar-refractivity contribution is -0.137. The van der Waals surface area contributed by atoms with Crippen molar-refractivity contribution in [2.45, 2.75) is 32.5 Å². The number of benzene rings is 3. The first-order valence-electron chi connectivity index (χ1n) is 12.7. The highest BCUT2D eigenvalue weighted by atomic mass is 19.4. The fraction of sp³-hybridized carbons (Fsp3) is 0.367. The Bertz CT molecular complexity index is 1240. The Morgan fingerprint density at radius 3 is 2.32 bits per heavy atom. The lowest BCUT2D eigenvalue weighted by atomic mass is 9.87. The Kier molecular flexibility index (Phi) is 8.51. The van der Waals surface area contributed by atoms with Gasteiger partial charge in [-0.05, 0) is 65.4 Å². The van der Waals surface area contributed by atoms with Crippen LogP contribution in [0.25, 0.3) is 0 Å². The number of hydrogen-bond acceptors (Lipinski definition) is 2. The second kappa shape index (κ2) is 11.6. The average molecular weight is 531 g/mol. The number of alkyl halides is 3. The van der Waals surface area contributed by atoms with E-state index in [1.165, 1.54) is 48.5 Å². The van der Waals surface area contributed by atoms with Gasteiger partial charge in [0, 0.05) is 44.2 Å². The molecule has 1 saturated heterocycles. The minimum absolute atomic E-state index is 0.149. The molecule has 3 aromatic carbocycles. The minimum Gasteiger partial charge on any atom is -0.338 e. The normalized spacial score (nSPS) is 18.2. The standard InChI is InChI=1S/C30H31F5N2O/c1-20(2)15-37(29(38)22-9-11-26(31)12-10-22)18-24-17-36(16-21-5-3-8-27(32)13-21)19-28(24)23-6-4-7-25(14-23)30(33,34)35/h3-14,20,24,28H,15-19H2,1-2H3/t24-,28-/m1/s1. The molecule has 1 amide bonds. The van der Waals surface area contributed by atoms with Crippen LogP contribution in [-0.2, 0) is 12.7 Å². The second-order valence-corrected chi connectivity index (χ2v) is 10.4. The molecule has 4 rings (SSSR count). The van der Waals surface area contributed by atoms with E-state index in [0.29, 0.717) is 43.9 Å². The maximum absolute atomic E-state index is 13.8. The number of carbonyl (C=O) groups is 1. The number of hydrogen-bond donors (Lipinski definition) is 0. The molecular formula is C30H31F5N2O. The fourth-order valence-corrected chi connectivity index (χ4v) is 5.23. The molecule has 3 aromatic rings. The van der Waals surface area contributed by atoms with Crippen molar-refractivity contribution in [3.8, 4) is 0 Å². The molecule has 0 saturated carbocycles. The van der Waals surface area contributed by atoms with Gasteiger partial charge in [0.1, 0.15) is 11.6 Å². The molecule has 0 N–H and O–H groups in total. The highest BCUT2D eigenvalue weighted by Crippen LogP contribution is 2.37. The summed E-state index contributed by atoms with van der Waals surface area (Å²) in [6.45, 7) is 6.20. The molecule has 3 nitrogen and oxygen atoms in total. The largest absolute Gasteiger partial charge is 0.416 e. The van der Waals surface area contributed by atoms with Gasteiger partial charge in [-0.25, -0.2) is 8.78 Å². The van der Waals surface area contributed by atoms with E-state index in [4.69, 9.17) is 0 Å². The van der Waals surface area contributed by atoms with Crippen molar-refractivity contribution < 1.29 is 26.7 Å². The van der Waals surface area contributed by atoms with E-state index < -0.39 is 17.6 Å². The van der Waals surface area contributed by atoms with Gasteiger partial charge in [0.15, 0.2) is 0 Å². The summed E-state index contributed by atoms with van der Waals surface area (Å²) < 4.78 is 67.8. The van der Waals surface area contributed by atoms with Crippen molar-refractivity contribution in [1.29, 1.82) is 0 Å². The second-order valence-electron chi connectivity index (χ2n) is 10.4. The molecule has 0 aromatic heterocycles. The van der Waals surface area contributed by atoms with Crippen LogP contribution in [0.5, 0.6) is 0 Å². The summed E-state index contributed by atoms with van der Waals surface area (Å²) >= 11 is 0. The summed E-state index contributed by atoms with van der Waals surface area (Å²) in [5.41, 5.74) is 0.983. The molecule has 8 heteroatoms. The van der Waals surface area contributed by atoms with Gasteiger partial charge in [0.25, 0.3) is 5.91 Å². The predicted octanol–water partition coefficient (Wildman–Crippen LogP) is 7.00. The van der Waals surface area contributed by atoms with Crippen LogP contribution in [0.4, 0.5) is 22.0 Å². The molecule has 0 spiro atoms. The van der Waals surface area contributed by atoms with Crippen LogP contribution >= 0.6 is 0 Å². The maximum atomic E-state index is 13.8. The third-order valence-electron chi connectivity index (χ3n) is 6.87. The summed E-state index contributed by atoms with van der Waals surface area (Å²) in [5, 5.41) is 0. The Balaban J connectivity index is 1.63. The van der Waals surface area contributed by atoms with E-state index in [1.807, 2.05) is 19.9 Å². The van der Waals surface area contributed by atoms with Gasteiger partial charge >= 0.3 is 6.18 Å². The van der Waals surface area contributed by atoms with Crippen LogP contribution in [0.15, 0.2) is 72.8 Å². The van der Waals surface area contributed by atoms with Crippen LogP contribution in [0.3, 0.4) is 0 Å². The van der Waals surface area contributed by atoms with Crippen molar-refractivity contribution in [2.75, 3.05) is 26.2 Å². The summed E-state index contributed by atoms with van der Waals surface area (Å²) in [7, 11) is 0. The van der Waals surface area contributed by atoms with Gasteiger partial charge in [-0.2, -0.15) is 13.2 Å². The van der Waals surface area contributed by atoms with E-state index in [-0.39, 0.29) is 29.5 Å². The van der Waals surface area contributed by atoms with Crippen molar-refractivity contribution in [1.82, 2.24) is 9.80 Å². The molecule has 1 fully saturated rings. The highest BCUT2D eigenvalue weighted by Gasteiger charge is 2.38. The molecule has 1 heterocycles. The number of halogens is 5. The first kappa shape index (κ1) is 27.8. The number of carbonyl (C=O) groups excluding carboxylic acids is 1. The Morgan fingerprint density at radius 2 is 1.66 bits per heavy atom. The maximum Gasteiger partial charge on any atom is 0.416 e. The van der Waals surface area contributed by atoms with Crippen LogP contribution in [0.1, 0.15) is 46.8 Å². The topological polar surface area (TPSA) is 23.6 Å². The lowest BCUT2D eigenvalue weighted by Crippen LogP contribution is -2.39. The molecule has 0 aliphatic carbocycles. The van der Waals surface area contributed by atoms with Gasteiger partial charge in [-0.1, -0.05) is 44.2 Å². The number of rotatable bonds is 8. The Morgan fingerprint density at radius 1 is 0.947 bits per heavy atom. The van der Waals surface area contributed by atoms with E-state index in [2.05, 4.69) is 4.90 Å². The van der Waals surface area contributed by atoms with Crippen LogP contribution < -0.4 is 0 Å². The Hall–Kier alpha value is -3.26. The van der Waals surface area contributed by atoms with Gasteiger partial charge in [-0.15, -0.1) is 0 Å². The van der Waals surface area contributed by atoms with Crippen molar-refractivity contribution in [2.24, 2.45) is 11.8 Å². The minimum atomic E-state index is -4.46. The van der Waals surface area contributed by atoms with Crippen LogP contribution in [0, 0.1) is 23.5 Å². The van der Waals surface area contributed by atoms with Gasteiger partial charge in [0.2, 0.25) is 0 Å². The molecule has 0 radical (unpaired) electrons. The highest BCUT2D eigenvalue weighted by molar-refractivity contribution is 5.94. The molecule has 0 bridgehead atoms. The summed E-state index contributed by atoms with van der Waals surface area (Å²) in [6, 6.07) is 17.0. The molecule has 2 atom stereocenters. The van der Waals surface area contributed by atoms with Gasteiger partial charge in [-0.3, -0.25) is 9.69 Å². The molecule has 1 aliphatic heterocycles. The molecular weight excluding hydrogens is 499 g/mol. The molecule has 0 unspecified atom stereocenters. The number of amides is 1. The van der Waals surface area contributed by atoms with Crippen molar-refractivity contribution in [3.63, 3.8) is 0 Å². The average Bonchev–Trinajstić information content (AvgIpc) is 3.25. The smallest absolute Gasteiger partial charge is 0.338 e. The molecule has 38 heavy (non-hydrogen) atoms. The quantitative estimate of drug-likeness (QED) is 0.293. The van der Waals surface area contributed by atoms with Crippen molar-refractivity contribution in [3.05, 3.63) is 107 Å². The van der Waals surface area contributed by atoms with E-state index in [0.717, 1.165) is 11.6 Å². The lowest BCUT2D eigenvalue weighted by Gasteiger charge is -2.30. The summed E-state index contributed by atoms with van der Waals surface area (Å²) in [5.74, 6) is -1.30. The zero-order chi connectivity index (χ0) is 27.4. The van der Waals surface area contributed by atoms with E-state index >= 15 is 0 Å². The van der Waals surface area contributed by atoms with E-state index in [9.17, 15) is 26.7 Å². The molecule has 1 aliphatic rings. The van der Waals surface area contributed by atoms with Crippen molar-refractivity contribution >= 4 is 5.91 Å². The third-order valence-corrected chi connectivity index (χ3v) is 6.87. The third kappa shape index (κ3) is 6.98. The zero-order valence-corrected chi connectivity index (χ0v) is 21.4. The molecule has 202 valence electrons. The van der Waals surface area contributed by atoms with E-state index in [1.54, 1.807) is 17.0 Å². The first-order valence-corrected chi connectivity index (χ1v) is 12.7. The predicted molar refractivity (Wildman–Crippen MR) is 136 cm³/mol. The van der Waals surface area contributed by atoms with Crippen LogP contribution in [0.2, 0.25) is 0 Å². The monoisotopic (exact) mass is 530 g/mol.